The van der Waals surface area contributed by atoms with E-state index in [9.17, 15) is 0 Å². The lowest BCUT2D eigenvalue weighted by atomic mass is 9.93. The first-order valence-corrected chi connectivity index (χ1v) is 6.63. The number of nitrogens with one attached hydrogen (secondary N) is 1. The molecule has 3 N–H and O–H groups in total. The summed E-state index contributed by atoms with van der Waals surface area (Å²) >= 11 is 0. The number of rotatable bonds is 3. The molecule has 18 heavy (non-hydrogen) atoms. The van der Waals surface area contributed by atoms with Crippen molar-refractivity contribution < 1.29 is 4.42 Å². The molecule has 2 heterocycles. The van der Waals surface area contributed by atoms with Crippen LogP contribution < -0.4 is 5.73 Å². The molecule has 1 aliphatic carbocycles. The highest BCUT2D eigenvalue weighted by atomic mass is 16.3. The van der Waals surface area contributed by atoms with Crippen molar-refractivity contribution in [2.45, 2.75) is 45.1 Å². The molecule has 2 aromatic heterocycles. The maximum absolute atomic E-state index is 6.41. The van der Waals surface area contributed by atoms with Gasteiger partial charge in [-0.05, 0) is 25.3 Å². The molecule has 0 atom stereocenters. The van der Waals surface area contributed by atoms with E-state index < -0.39 is 0 Å². The van der Waals surface area contributed by atoms with Crippen molar-refractivity contribution in [3.05, 3.63) is 29.6 Å². The van der Waals surface area contributed by atoms with E-state index in [1.807, 2.05) is 6.07 Å². The Hall–Kier alpha value is -1.55. The Morgan fingerprint density at radius 3 is 2.89 bits per heavy atom. The monoisotopic (exact) mass is 245 g/mol. The smallest absolute Gasteiger partial charge is 0.127 e. The fraction of sp³-hybridized carbons (Fsp3) is 0.500. The summed E-state index contributed by atoms with van der Waals surface area (Å²) in [6, 6.07) is 1.99. The van der Waals surface area contributed by atoms with E-state index in [4.69, 9.17) is 15.1 Å². The van der Waals surface area contributed by atoms with E-state index in [0.717, 1.165) is 48.5 Å². The average Bonchev–Trinajstić information content (AvgIpc) is 3.02. The van der Waals surface area contributed by atoms with E-state index in [1.54, 1.807) is 6.26 Å². The van der Waals surface area contributed by atoms with Gasteiger partial charge in [-0.1, -0.05) is 13.8 Å². The molecule has 0 aromatic carbocycles. The number of aryl methyl sites for hydroxylation is 2. The maximum atomic E-state index is 6.41. The van der Waals surface area contributed by atoms with Gasteiger partial charge in [0.15, 0.2) is 0 Å². The molecule has 4 nitrogen and oxygen atoms in total. The lowest BCUT2D eigenvalue weighted by molar-refractivity contribution is 0.390. The van der Waals surface area contributed by atoms with E-state index >= 15 is 0 Å². The van der Waals surface area contributed by atoms with Crippen LogP contribution in [0.15, 0.2) is 16.7 Å². The highest BCUT2D eigenvalue weighted by Gasteiger charge is 2.30. The van der Waals surface area contributed by atoms with Crippen molar-refractivity contribution in [3.63, 3.8) is 0 Å². The Kier molecular flexibility index (Phi) is 2.55. The number of hydrogen-bond donors (Lipinski definition) is 2. The number of nitrogens with two attached hydrogens (primary N) is 1. The Bertz CT molecular complexity index is 563. The molecule has 2 aromatic rings. The second-order valence-corrected chi connectivity index (χ2v) is 5.03. The van der Waals surface area contributed by atoms with Crippen LogP contribution in [-0.2, 0) is 18.4 Å². The second-order valence-electron chi connectivity index (χ2n) is 5.03. The molecule has 4 heteroatoms. The molecule has 3 rings (SSSR count). The highest BCUT2D eigenvalue weighted by molar-refractivity contribution is 5.66. The summed E-state index contributed by atoms with van der Waals surface area (Å²) in [5.41, 5.74) is 9.40. The number of nitrogens with zero attached hydrogens (tertiary/aromatic N) is 1. The number of imidazole rings is 1. The van der Waals surface area contributed by atoms with Crippen molar-refractivity contribution in [2.75, 3.05) is 0 Å². The maximum Gasteiger partial charge on any atom is 0.127 e. The fourth-order valence-corrected chi connectivity index (χ4v) is 2.62. The molecule has 0 saturated heterocycles. The summed E-state index contributed by atoms with van der Waals surface area (Å²) in [6.45, 7) is 4.21. The van der Waals surface area contributed by atoms with Crippen molar-refractivity contribution in [2.24, 2.45) is 5.73 Å². The van der Waals surface area contributed by atoms with E-state index in [1.165, 1.54) is 5.69 Å². The lowest BCUT2D eigenvalue weighted by Crippen LogP contribution is -2.36. The Labute approximate surface area is 107 Å². The Morgan fingerprint density at radius 2 is 2.17 bits per heavy atom. The molecule has 0 fully saturated rings. The van der Waals surface area contributed by atoms with E-state index in [2.05, 4.69) is 18.8 Å². The first kappa shape index (κ1) is 11.5. The normalized spacial score (nSPS) is 14.4. The molecule has 0 radical (unpaired) electrons. The predicted octanol–water partition coefficient (Wildman–Crippen LogP) is 2.74. The van der Waals surface area contributed by atoms with Crippen molar-refractivity contribution >= 4 is 0 Å². The van der Waals surface area contributed by atoms with E-state index in [-0.39, 0.29) is 5.54 Å². The van der Waals surface area contributed by atoms with Crippen LogP contribution in [0, 0.1) is 0 Å². The fourth-order valence-electron chi connectivity index (χ4n) is 2.62. The predicted molar refractivity (Wildman–Crippen MR) is 70.1 cm³/mol. The van der Waals surface area contributed by atoms with Crippen LogP contribution in [0.3, 0.4) is 0 Å². The third kappa shape index (κ3) is 1.52. The Morgan fingerprint density at radius 1 is 1.39 bits per heavy atom. The zero-order chi connectivity index (χ0) is 12.8. The van der Waals surface area contributed by atoms with Gasteiger partial charge in [0.25, 0.3) is 0 Å². The molecule has 1 aliphatic rings. The molecule has 0 aliphatic heterocycles. The molecule has 0 unspecified atom stereocenters. The average molecular weight is 245 g/mol. The third-order valence-corrected chi connectivity index (χ3v) is 4.11. The molecule has 0 amide bonds. The molecule has 0 spiro atoms. The van der Waals surface area contributed by atoms with Gasteiger partial charge in [-0.15, -0.1) is 0 Å². The number of aromatic nitrogens is 2. The minimum absolute atomic E-state index is 0.346. The van der Waals surface area contributed by atoms with Gasteiger partial charge in [0, 0.05) is 17.7 Å². The van der Waals surface area contributed by atoms with Gasteiger partial charge in [-0.3, -0.25) is 0 Å². The summed E-state index contributed by atoms with van der Waals surface area (Å²) in [6.07, 6.45) is 5.39. The SMILES string of the molecule is CCC(N)(CC)c1nc2c([nH]1)CCc1occc1-2. The zero-order valence-electron chi connectivity index (χ0n) is 10.9. The number of fused-ring (bicyclic) bond motifs is 3. The van der Waals surface area contributed by atoms with Gasteiger partial charge in [-0.25, -0.2) is 4.98 Å². The van der Waals surface area contributed by atoms with Gasteiger partial charge in [0.1, 0.15) is 11.6 Å². The standard InChI is InChI=1S/C14H19N3O/c1-3-14(15,4-2)13-16-10-5-6-11-9(7-8-18-11)12(10)17-13/h7-8H,3-6,15H2,1-2H3,(H,16,17). The molecule has 0 saturated carbocycles. The number of hydrogen-bond acceptors (Lipinski definition) is 3. The van der Waals surface area contributed by atoms with Crippen LogP contribution in [0.2, 0.25) is 0 Å². The molecule has 96 valence electrons. The van der Waals surface area contributed by atoms with Gasteiger partial charge >= 0.3 is 0 Å². The first-order chi connectivity index (χ1) is 8.68. The van der Waals surface area contributed by atoms with Crippen LogP contribution in [0.5, 0.6) is 0 Å². The summed E-state index contributed by atoms with van der Waals surface area (Å²) in [4.78, 5) is 8.17. The zero-order valence-corrected chi connectivity index (χ0v) is 10.9. The minimum Gasteiger partial charge on any atom is -0.469 e. The van der Waals surface area contributed by atoms with E-state index in [0.29, 0.717) is 0 Å². The molecular weight excluding hydrogens is 226 g/mol. The van der Waals surface area contributed by atoms with Gasteiger partial charge in [0.2, 0.25) is 0 Å². The van der Waals surface area contributed by atoms with Crippen LogP contribution in [-0.4, -0.2) is 9.97 Å². The number of aromatic amines is 1. The second kappa shape index (κ2) is 3.99. The quantitative estimate of drug-likeness (QED) is 0.873. The largest absolute Gasteiger partial charge is 0.469 e. The molecule has 0 bridgehead atoms. The van der Waals surface area contributed by atoms with Crippen molar-refractivity contribution in [3.8, 4) is 11.3 Å². The lowest BCUT2D eigenvalue weighted by Gasteiger charge is -2.23. The number of furan rings is 1. The van der Waals surface area contributed by atoms with Crippen molar-refractivity contribution in [1.82, 2.24) is 9.97 Å². The van der Waals surface area contributed by atoms with Gasteiger partial charge < -0.3 is 15.1 Å². The number of H-pyrrole nitrogens is 1. The Balaban J connectivity index is 2.09. The van der Waals surface area contributed by atoms with Gasteiger partial charge in [0.05, 0.1) is 17.5 Å². The third-order valence-electron chi connectivity index (χ3n) is 4.11. The topological polar surface area (TPSA) is 67.8 Å². The minimum atomic E-state index is -0.346. The molecular formula is C14H19N3O. The van der Waals surface area contributed by atoms with Crippen LogP contribution in [0.4, 0.5) is 0 Å². The van der Waals surface area contributed by atoms with Crippen molar-refractivity contribution in [1.29, 1.82) is 0 Å². The van der Waals surface area contributed by atoms with Gasteiger partial charge in [-0.2, -0.15) is 0 Å². The summed E-state index contributed by atoms with van der Waals surface area (Å²) in [5.74, 6) is 1.95. The highest BCUT2D eigenvalue weighted by Crippen LogP contribution is 2.35. The van der Waals surface area contributed by atoms with Crippen LogP contribution in [0.1, 0.15) is 44.0 Å². The summed E-state index contributed by atoms with van der Waals surface area (Å²) < 4.78 is 5.48. The first-order valence-electron chi connectivity index (χ1n) is 6.63. The van der Waals surface area contributed by atoms with Crippen LogP contribution in [0.25, 0.3) is 11.3 Å². The summed E-state index contributed by atoms with van der Waals surface area (Å²) in [7, 11) is 0. The summed E-state index contributed by atoms with van der Waals surface area (Å²) in [5, 5.41) is 0. The van der Waals surface area contributed by atoms with Crippen LogP contribution >= 0.6 is 0 Å².